The average molecular weight is 398 g/mol. The lowest BCUT2D eigenvalue weighted by Gasteiger charge is -2.37. The minimum Gasteiger partial charge on any atom is -0.481 e. The molecule has 0 aliphatic heterocycles. The lowest BCUT2D eigenvalue weighted by Crippen LogP contribution is -2.32. The first-order chi connectivity index (χ1) is 14.7. The van der Waals surface area contributed by atoms with Gasteiger partial charge >= 0.3 is 5.97 Å². The Kier molecular flexibility index (Phi) is 4.82. The van der Waals surface area contributed by atoms with Crippen LogP contribution < -0.4 is 0 Å². The van der Waals surface area contributed by atoms with Crippen LogP contribution in [0.15, 0.2) is 72.8 Å². The van der Waals surface area contributed by atoms with Crippen LogP contribution in [-0.4, -0.2) is 15.6 Å². The number of aromatic nitrogens is 1. The van der Waals surface area contributed by atoms with Crippen molar-refractivity contribution < 1.29 is 9.90 Å². The molecule has 1 fully saturated rings. The second-order valence-corrected chi connectivity index (χ2v) is 8.83. The molecule has 3 aromatic carbocycles. The number of benzene rings is 3. The van der Waals surface area contributed by atoms with Crippen LogP contribution in [0.1, 0.15) is 38.5 Å². The molecule has 30 heavy (non-hydrogen) atoms. The van der Waals surface area contributed by atoms with E-state index in [-0.39, 0.29) is 11.8 Å². The van der Waals surface area contributed by atoms with E-state index in [1.54, 1.807) is 0 Å². The van der Waals surface area contributed by atoms with Gasteiger partial charge in [0.1, 0.15) is 0 Å². The maximum Gasteiger partial charge on any atom is 0.303 e. The van der Waals surface area contributed by atoms with Crippen LogP contribution in [0.25, 0.3) is 32.9 Å². The first-order valence-electron chi connectivity index (χ1n) is 10.9. The van der Waals surface area contributed by atoms with Gasteiger partial charge in [-0.1, -0.05) is 79.9 Å². The first-order valence-corrected chi connectivity index (χ1v) is 10.9. The van der Waals surface area contributed by atoms with E-state index in [1.165, 1.54) is 39.4 Å². The number of carbonyl (C=O) groups is 1. The zero-order valence-electron chi connectivity index (χ0n) is 17.2. The molecule has 0 amide bonds. The normalized spacial score (nSPS) is 16.1. The van der Waals surface area contributed by atoms with E-state index in [9.17, 15) is 9.90 Å². The van der Waals surface area contributed by atoms with Gasteiger partial charge in [-0.15, -0.1) is 0 Å². The van der Waals surface area contributed by atoms with Crippen molar-refractivity contribution >= 4 is 27.6 Å². The van der Waals surface area contributed by atoms with Crippen molar-refractivity contribution in [2.45, 2.75) is 45.1 Å². The van der Waals surface area contributed by atoms with Gasteiger partial charge in [0.05, 0.1) is 6.42 Å². The fourth-order valence-electron chi connectivity index (χ4n) is 5.38. The summed E-state index contributed by atoms with van der Waals surface area (Å²) in [4.78, 5) is 11.8. The molecule has 1 heterocycles. The van der Waals surface area contributed by atoms with Crippen LogP contribution in [-0.2, 0) is 11.3 Å². The molecule has 0 spiro atoms. The van der Waals surface area contributed by atoms with Crippen molar-refractivity contribution in [3.05, 3.63) is 72.8 Å². The number of hydrogen-bond acceptors (Lipinski definition) is 1. The molecule has 152 valence electrons. The molecule has 1 aromatic heterocycles. The molecule has 1 saturated carbocycles. The summed E-state index contributed by atoms with van der Waals surface area (Å²) < 4.78 is 2.39. The number of carboxylic acids is 1. The third-order valence-electron chi connectivity index (χ3n) is 6.81. The Morgan fingerprint density at radius 2 is 1.60 bits per heavy atom. The Labute approximate surface area is 177 Å². The Bertz CT molecular complexity index is 1200. The van der Waals surface area contributed by atoms with Crippen molar-refractivity contribution in [3.8, 4) is 11.3 Å². The third kappa shape index (κ3) is 3.39. The fraction of sp³-hybridized carbons (Fsp3) is 0.296. The summed E-state index contributed by atoms with van der Waals surface area (Å²) in [6, 6.07) is 25.7. The Hall–Kier alpha value is -3.07. The molecule has 0 saturated heterocycles. The molecule has 1 aliphatic carbocycles. The minimum atomic E-state index is -0.680. The van der Waals surface area contributed by atoms with Crippen LogP contribution in [0.3, 0.4) is 0 Å². The quantitative estimate of drug-likeness (QED) is 0.398. The molecule has 1 N–H and O–H groups in total. The molecular formula is C27H27NO2. The molecule has 0 bridgehead atoms. The van der Waals surface area contributed by atoms with Gasteiger partial charge in [-0.05, 0) is 46.7 Å². The van der Waals surface area contributed by atoms with Gasteiger partial charge in [0.15, 0.2) is 0 Å². The third-order valence-corrected chi connectivity index (χ3v) is 6.81. The standard InChI is InChI=1S/C27H27NO2/c29-26(30)18-27(15-7-2-8-16-27)19-28-24-14-13-20-9-5-6-12-22(20)23(24)17-25(28)21-10-3-1-4-11-21/h1,3-6,9-14,17H,2,7-8,15-16,18-19H2,(H,29,30). The van der Waals surface area contributed by atoms with Gasteiger partial charge in [0.2, 0.25) is 0 Å². The maximum atomic E-state index is 11.8. The summed E-state index contributed by atoms with van der Waals surface area (Å²) in [5.74, 6) is -0.680. The number of rotatable bonds is 5. The molecular weight excluding hydrogens is 370 g/mol. The van der Waals surface area contributed by atoms with Crippen molar-refractivity contribution in [3.63, 3.8) is 0 Å². The van der Waals surface area contributed by atoms with Gasteiger partial charge in [0.25, 0.3) is 0 Å². The Balaban J connectivity index is 1.72. The van der Waals surface area contributed by atoms with E-state index in [2.05, 4.69) is 71.3 Å². The van der Waals surface area contributed by atoms with Crippen LogP contribution in [0.5, 0.6) is 0 Å². The van der Waals surface area contributed by atoms with Crippen LogP contribution in [0.2, 0.25) is 0 Å². The number of hydrogen-bond donors (Lipinski definition) is 1. The van der Waals surface area contributed by atoms with Gasteiger partial charge in [-0.25, -0.2) is 0 Å². The second kappa shape index (κ2) is 7.64. The zero-order valence-corrected chi connectivity index (χ0v) is 17.2. The summed E-state index contributed by atoms with van der Waals surface area (Å²) in [5.41, 5.74) is 3.38. The lowest BCUT2D eigenvalue weighted by atomic mass is 9.71. The Morgan fingerprint density at radius 1 is 0.867 bits per heavy atom. The maximum absolute atomic E-state index is 11.8. The summed E-state index contributed by atoms with van der Waals surface area (Å²) in [6.45, 7) is 0.755. The van der Waals surface area contributed by atoms with Gasteiger partial charge < -0.3 is 9.67 Å². The molecule has 1 aliphatic rings. The van der Waals surface area contributed by atoms with E-state index in [1.807, 2.05) is 6.07 Å². The summed E-state index contributed by atoms with van der Waals surface area (Å²) >= 11 is 0. The smallest absolute Gasteiger partial charge is 0.303 e. The molecule has 0 radical (unpaired) electrons. The average Bonchev–Trinajstić information content (AvgIpc) is 3.13. The van der Waals surface area contributed by atoms with Crippen LogP contribution in [0.4, 0.5) is 0 Å². The molecule has 3 heteroatoms. The predicted molar refractivity (Wildman–Crippen MR) is 123 cm³/mol. The van der Waals surface area contributed by atoms with Crippen molar-refractivity contribution in [2.75, 3.05) is 0 Å². The summed E-state index contributed by atoms with van der Waals surface area (Å²) in [7, 11) is 0. The van der Waals surface area contributed by atoms with Gasteiger partial charge in [0, 0.05) is 23.1 Å². The van der Waals surface area contributed by atoms with Crippen molar-refractivity contribution in [1.82, 2.24) is 4.57 Å². The molecule has 0 atom stereocenters. The number of nitrogens with zero attached hydrogens (tertiary/aromatic N) is 1. The zero-order chi connectivity index (χ0) is 20.6. The van der Waals surface area contributed by atoms with E-state index in [0.29, 0.717) is 0 Å². The highest BCUT2D eigenvalue weighted by Crippen LogP contribution is 2.43. The molecule has 4 aromatic rings. The largest absolute Gasteiger partial charge is 0.481 e. The summed E-state index contributed by atoms with van der Waals surface area (Å²) in [5, 5.41) is 13.4. The number of carboxylic acid groups (broad SMARTS) is 1. The van der Waals surface area contributed by atoms with Crippen LogP contribution >= 0.6 is 0 Å². The predicted octanol–water partition coefficient (Wildman–Crippen LogP) is 6.89. The first kappa shape index (κ1) is 18.9. The summed E-state index contributed by atoms with van der Waals surface area (Å²) in [6.07, 6.45) is 5.67. The monoisotopic (exact) mass is 397 g/mol. The van der Waals surface area contributed by atoms with Crippen molar-refractivity contribution in [1.29, 1.82) is 0 Å². The lowest BCUT2D eigenvalue weighted by molar-refractivity contribution is -0.140. The highest BCUT2D eigenvalue weighted by atomic mass is 16.4. The number of fused-ring (bicyclic) bond motifs is 3. The minimum absolute atomic E-state index is 0.175. The Morgan fingerprint density at radius 3 is 2.37 bits per heavy atom. The topological polar surface area (TPSA) is 42.2 Å². The van der Waals surface area contributed by atoms with Gasteiger partial charge in [-0.3, -0.25) is 4.79 Å². The highest BCUT2D eigenvalue weighted by Gasteiger charge is 2.35. The van der Waals surface area contributed by atoms with Crippen molar-refractivity contribution in [2.24, 2.45) is 5.41 Å². The van der Waals surface area contributed by atoms with E-state index in [4.69, 9.17) is 0 Å². The fourth-order valence-corrected chi connectivity index (χ4v) is 5.38. The van der Waals surface area contributed by atoms with E-state index >= 15 is 0 Å². The molecule has 0 unspecified atom stereocenters. The molecule has 5 rings (SSSR count). The van der Waals surface area contributed by atoms with E-state index in [0.717, 1.165) is 32.2 Å². The number of aliphatic carboxylic acids is 1. The SMILES string of the molecule is O=C(O)CC1(Cn2c(-c3ccccc3)cc3c4ccccc4ccc32)CCCCC1. The second-order valence-electron chi connectivity index (χ2n) is 8.83. The van der Waals surface area contributed by atoms with Crippen LogP contribution in [0, 0.1) is 5.41 Å². The van der Waals surface area contributed by atoms with Gasteiger partial charge in [-0.2, -0.15) is 0 Å². The molecule has 3 nitrogen and oxygen atoms in total. The highest BCUT2D eigenvalue weighted by molar-refractivity contribution is 6.08. The van der Waals surface area contributed by atoms with E-state index < -0.39 is 5.97 Å².